The van der Waals surface area contributed by atoms with Crippen molar-refractivity contribution < 1.29 is 14.3 Å². The smallest absolute Gasteiger partial charge is 0.410 e. The molecule has 0 atom stereocenters. The monoisotopic (exact) mass is 452 g/mol. The highest BCUT2D eigenvalue weighted by molar-refractivity contribution is 6.33. The van der Waals surface area contributed by atoms with Crippen molar-refractivity contribution in [2.45, 2.75) is 45.9 Å². The van der Waals surface area contributed by atoms with Crippen LogP contribution in [0, 0.1) is 0 Å². The Bertz CT molecular complexity index is 1120. The van der Waals surface area contributed by atoms with E-state index in [9.17, 15) is 4.79 Å². The van der Waals surface area contributed by atoms with Crippen molar-refractivity contribution in [1.29, 1.82) is 0 Å². The summed E-state index contributed by atoms with van der Waals surface area (Å²) in [6.07, 6.45) is 2.63. The van der Waals surface area contributed by atoms with Crippen LogP contribution in [0.25, 0.3) is 11.1 Å². The Balaban J connectivity index is 1.74. The van der Waals surface area contributed by atoms with Crippen LogP contribution in [0.5, 0.6) is 5.75 Å². The van der Waals surface area contributed by atoms with Crippen LogP contribution >= 0.6 is 11.6 Å². The van der Waals surface area contributed by atoms with Crippen LogP contribution in [0.15, 0.2) is 54.7 Å². The van der Waals surface area contributed by atoms with Gasteiger partial charge in [0.1, 0.15) is 11.4 Å². The van der Waals surface area contributed by atoms with Crippen molar-refractivity contribution in [3.63, 3.8) is 0 Å². The van der Waals surface area contributed by atoms with Crippen molar-refractivity contribution >= 4 is 17.7 Å². The largest absolute Gasteiger partial charge is 0.497 e. The number of hydrogen-bond acceptors (Lipinski definition) is 3. The number of halogens is 1. The Labute approximate surface area is 194 Å². The van der Waals surface area contributed by atoms with Gasteiger partial charge in [0.05, 0.1) is 18.7 Å². The number of fused-ring (bicyclic) bond motifs is 1. The number of hydrogen-bond donors (Lipinski definition) is 0. The first kappa shape index (κ1) is 22.3. The van der Waals surface area contributed by atoms with Gasteiger partial charge in [-0.05, 0) is 44.5 Å². The minimum atomic E-state index is -0.529. The highest BCUT2D eigenvalue weighted by atomic mass is 35.5. The second kappa shape index (κ2) is 8.91. The molecule has 0 spiro atoms. The van der Waals surface area contributed by atoms with Crippen LogP contribution in [-0.4, -0.2) is 34.8 Å². The molecule has 0 aliphatic carbocycles. The van der Waals surface area contributed by atoms with Gasteiger partial charge in [0.25, 0.3) is 0 Å². The number of benzene rings is 2. The van der Waals surface area contributed by atoms with Crippen molar-refractivity contribution in [2.24, 2.45) is 0 Å². The van der Waals surface area contributed by atoms with Gasteiger partial charge in [0, 0.05) is 48.1 Å². The Morgan fingerprint density at radius 3 is 2.50 bits per heavy atom. The molecule has 32 heavy (non-hydrogen) atoms. The van der Waals surface area contributed by atoms with Crippen LogP contribution < -0.4 is 4.74 Å². The summed E-state index contributed by atoms with van der Waals surface area (Å²) >= 11 is 6.65. The zero-order valence-electron chi connectivity index (χ0n) is 19.0. The first-order valence-corrected chi connectivity index (χ1v) is 11.2. The molecule has 2 aromatic carbocycles. The van der Waals surface area contributed by atoms with E-state index in [1.54, 1.807) is 12.0 Å². The van der Waals surface area contributed by atoms with E-state index >= 15 is 0 Å². The molecule has 3 aromatic rings. The van der Waals surface area contributed by atoms with Gasteiger partial charge in [-0.15, -0.1) is 0 Å². The molecule has 5 nitrogen and oxygen atoms in total. The van der Waals surface area contributed by atoms with Crippen LogP contribution in [0.2, 0.25) is 5.02 Å². The Morgan fingerprint density at radius 1 is 1.09 bits per heavy atom. The third kappa shape index (κ3) is 4.78. The third-order valence-electron chi connectivity index (χ3n) is 5.59. The lowest BCUT2D eigenvalue weighted by Gasteiger charge is -2.31. The SMILES string of the molecule is COc1ccc(-c2cn(Cc3ccccc3)c3c2CN(C(=O)OC(C)(C)C)CC3)c(Cl)c1. The molecule has 0 radical (unpaired) electrons. The predicted octanol–water partition coefficient (Wildman–Crippen LogP) is 6.16. The fraction of sp³-hybridized carbons (Fsp3) is 0.346. The molecule has 168 valence electrons. The second-order valence-corrected chi connectivity index (χ2v) is 9.49. The Morgan fingerprint density at radius 2 is 1.84 bits per heavy atom. The van der Waals surface area contributed by atoms with Crippen molar-refractivity contribution in [2.75, 3.05) is 13.7 Å². The van der Waals surface area contributed by atoms with Gasteiger partial charge >= 0.3 is 6.09 Å². The summed E-state index contributed by atoms with van der Waals surface area (Å²) in [5, 5.41) is 0.624. The van der Waals surface area contributed by atoms with Gasteiger partial charge in [-0.1, -0.05) is 41.9 Å². The molecular formula is C26H29ClN2O3. The number of amides is 1. The highest BCUT2D eigenvalue weighted by Gasteiger charge is 2.30. The van der Waals surface area contributed by atoms with Gasteiger partial charge in [-0.2, -0.15) is 0 Å². The summed E-state index contributed by atoms with van der Waals surface area (Å²) in [5.74, 6) is 0.715. The maximum Gasteiger partial charge on any atom is 0.410 e. The van der Waals surface area contributed by atoms with Gasteiger partial charge in [-0.3, -0.25) is 0 Å². The standard InChI is InChI=1S/C26H29ClN2O3/c1-26(2,3)32-25(30)28-13-12-24-22(17-28)21(20-11-10-19(31-4)14-23(20)27)16-29(24)15-18-8-6-5-7-9-18/h5-11,14,16H,12-13,15,17H2,1-4H3. The van der Waals surface area contributed by atoms with E-state index in [4.69, 9.17) is 21.1 Å². The van der Waals surface area contributed by atoms with Crippen LogP contribution in [0.1, 0.15) is 37.6 Å². The lowest BCUT2D eigenvalue weighted by atomic mass is 9.99. The molecule has 0 saturated carbocycles. The number of carbonyl (C=O) groups is 1. The first-order chi connectivity index (χ1) is 15.2. The molecule has 1 amide bonds. The lowest BCUT2D eigenvalue weighted by molar-refractivity contribution is 0.0223. The third-order valence-corrected chi connectivity index (χ3v) is 5.90. The molecule has 4 rings (SSSR count). The van der Waals surface area contributed by atoms with Crippen molar-refractivity contribution in [3.05, 3.63) is 76.6 Å². The van der Waals surface area contributed by atoms with E-state index in [0.29, 0.717) is 23.9 Å². The Kier molecular flexibility index (Phi) is 6.20. The van der Waals surface area contributed by atoms with E-state index in [-0.39, 0.29) is 6.09 Å². The second-order valence-electron chi connectivity index (χ2n) is 9.08. The molecule has 1 aliphatic heterocycles. The number of nitrogens with zero attached hydrogens (tertiary/aromatic N) is 2. The summed E-state index contributed by atoms with van der Waals surface area (Å²) in [4.78, 5) is 14.6. The minimum Gasteiger partial charge on any atom is -0.497 e. The molecular weight excluding hydrogens is 424 g/mol. The normalized spacial score (nSPS) is 13.6. The number of methoxy groups -OCH3 is 1. The number of aromatic nitrogens is 1. The zero-order valence-corrected chi connectivity index (χ0v) is 19.8. The zero-order chi connectivity index (χ0) is 22.9. The van der Waals surface area contributed by atoms with E-state index in [1.165, 1.54) is 11.3 Å². The molecule has 0 bridgehead atoms. The molecule has 0 saturated heterocycles. The molecule has 0 unspecified atom stereocenters. The van der Waals surface area contributed by atoms with Crippen LogP contribution in [-0.2, 0) is 24.2 Å². The number of carbonyl (C=O) groups excluding carboxylic acids is 1. The molecule has 6 heteroatoms. The Hall–Kier alpha value is -2.92. The predicted molar refractivity (Wildman–Crippen MR) is 127 cm³/mol. The summed E-state index contributed by atoms with van der Waals surface area (Å²) in [6.45, 7) is 7.54. The van der Waals surface area contributed by atoms with Gasteiger partial charge < -0.3 is 18.9 Å². The fourth-order valence-corrected chi connectivity index (χ4v) is 4.37. The van der Waals surface area contributed by atoms with Crippen molar-refractivity contribution in [1.82, 2.24) is 9.47 Å². The topological polar surface area (TPSA) is 43.7 Å². The van der Waals surface area contributed by atoms with Crippen LogP contribution in [0.4, 0.5) is 4.79 Å². The van der Waals surface area contributed by atoms with Crippen molar-refractivity contribution in [3.8, 4) is 16.9 Å². The molecule has 1 aromatic heterocycles. The number of rotatable bonds is 4. The molecule has 2 heterocycles. The molecule has 0 fully saturated rings. The van der Waals surface area contributed by atoms with E-state index in [1.807, 2.05) is 45.0 Å². The summed E-state index contributed by atoms with van der Waals surface area (Å²) in [6, 6.07) is 16.1. The van der Waals surface area contributed by atoms with E-state index in [0.717, 1.165) is 29.7 Å². The average molecular weight is 453 g/mol. The van der Waals surface area contributed by atoms with E-state index in [2.05, 4.69) is 35.0 Å². The van der Waals surface area contributed by atoms with Gasteiger partial charge in [-0.25, -0.2) is 4.79 Å². The maximum atomic E-state index is 12.8. The summed E-state index contributed by atoms with van der Waals surface area (Å²) in [5.41, 5.74) is 5.02. The fourth-order valence-electron chi connectivity index (χ4n) is 4.10. The van der Waals surface area contributed by atoms with Gasteiger partial charge in [0.2, 0.25) is 0 Å². The number of ether oxygens (including phenoxy) is 2. The minimum absolute atomic E-state index is 0.286. The quantitative estimate of drug-likeness (QED) is 0.476. The maximum absolute atomic E-state index is 12.8. The first-order valence-electron chi connectivity index (χ1n) is 10.8. The summed E-state index contributed by atoms with van der Waals surface area (Å²) < 4.78 is 13.2. The van der Waals surface area contributed by atoms with Crippen LogP contribution in [0.3, 0.4) is 0 Å². The molecule has 0 N–H and O–H groups in total. The average Bonchev–Trinajstić information content (AvgIpc) is 3.10. The van der Waals surface area contributed by atoms with Gasteiger partial charge in [0.15, 0.2) is 0 Å². The highest BCUT2D eigenvalue weighted by Crippen LogP contribution is 2.38. The molecule has 1 aliphatic rings. The lowest BCUT2D eigenvalue weighted by Crippen LogP contribution is -2.40. The summed E-state index contributed by atoms with van der Waals surface area (Å²) in [7, 11) is 1.63. The van der Waals surface area contributed by atoms with E-state index < -0.39 is 5.60 Å².